The van der Waals surface area contributed by atoms with Gasteiger partial charge in [0.15, 0.2) is 0 Å². The smallest absolute Gasteiger partial charge is 0.227 e. The second-order valence-electron chi connectivity index (χ2n) is 5.91. The number of carbonyl (C=O) groups excluding carboxylic acids is 1. The number of rotatable bonds is 3. The van der Waals surface area contributed by atoms with Crippen LogP contribution in [0.25, 0.3) is 0 Å². The van der Waals surface area contributed by atoms with Crippen molar-refractivity contribution in [1.29, 1.82) is 0 Å². The SMILES string of the molecule is Cc1ccccc1C1CCCN1C(=O)Cc1cccc(Cl)c1. The molecule has 1 aliphatic heterocycles. The van der Waals surface area contributed by atoms with Crippen LogP contribution in [0.15, 0.2) is 48.5 Å². The normalized spacial score (nSPS) is 17.7. The zero-order valence-electron chi connectivity index (χ0n) is 12.8. The summed E-state index contributed by atoms with van der Waals surface area (Å²) in [5, 5.41) is 0.683. The summed E-state index contributed by atoms with van der Waals surface area (Å²) in [6.07, 6.45) is 2.54. The third-order valence-corrected chi connectivity index (χ3v) is 4.60. The van der Waals surface area contributed by atoms with Crippen LogP contribution in [0.2, 0.25) is 5.02 Å². The van der Waals surface area contributed by atoms with Gasteiger partial charge >= 0.3 is 0 Å². The van der Waals surface area contributed by atoms with Crippen LogP contribution in [-0.4, -0.2) is 17.4 Å². The van der Waals surface area contributed by atoms with Gasteiger partial charge in [0.1, 0.15) is 0 Å². The Morgan fingerprint density at radius 2 is 2.05 bits per heavy atom. The highest BCUT2D eigenvalue weighted by Gasteiger charge is 2.30. The first-order valence-electron chi connectivity index (χ1n) is 7.74. The lowest BCUT2D eigenvalue weighted by Gasteiger charge is -2.26. The summed E-state index contributed by atoms with van der Waals surface area (Å²) in [6, 6.07) is 16.1. The monoisotopic (exact) mass is 313 g/mol. The van der Waals surface area contributed by atoms with E-state index < -0.39 is 0 Å². The van der Waals surface area contributed by atoms with E-state index in [1.54, 1.807) is 0 Å². The van der Waals surface area contributed by atoms with Gasteiger partial charge in [-0.15, -0.1) is 0 Å². The van der Waals surface area contributed by atoms with E-state index in [1.807, 2.05) is 35.2 Å². The Morgan fingerprint density at radius 3 is 2.82 bits per heavy atom. The fourth-order valence-corrected chi connectivity index (χ4v) is 3.49. The van der Waals surface area contributed by atoms with E-state index in [9.17, 15) is 4.79 Å². The van der Waals surface area contributed by atoms with E-state index in [0.717, 1.165) is 24.9 Å². The summed E-state index contributed by atoms with van der Waals surface area (Å²) in [6.45, 7) is 2.96. The first-order valence-corrected chi connectivity index (χ1v) is 8.12. The number of benzene rings is 2. The quantitative estimate of drug-likeness (QED) is 0.813. The number of nitrogens with zero attached hydrogens (tertiary/aromatic N) is 1. The Labute approximate surface area is 136 Å². The topological polar surface area (TPSA) is 20.3 Å². The zero-order chi connectivity index (χ0) is 15.5. The minimum absolute atomic E-state index is 0.188. The second kappa shape index (κ2) is 6.53. The molecule has 0 bridgehead atoms. The van der Waals surface area contributed by atoms with E-state index in [0.29, 0.717) is 11.4 Å². The third-order valence-electron chi connectivity index (χ3n) is 4.36. The second-order valence-corrected chi connectivity index (χ2v) is 6.34. The number of likely N-dealkylation sites (tertiary alicyclic amines) is 1. The predicted octanol–water partition coefficient (Wildman–Crippen LogP) is 4.55. The summed E-state index contributed by atoms with van der Waals surface area (Å²) in [5.41, 5.74) is 3.52. The molecule has 1 amide bonds. The van der Waals surface area contributed by atoms with Crippen LogP contribution in [0.5, 0.6) is 0 Å². The molecule has 0 aliphatic carbocycles. The Bertz CT molecular complexity index is 683. The lowest BCUT2D eigenvalue weighted by Crippen LogP contribution is -2.32. The molecule has 0 N–H and O–H groups in total. The van der Waals surface area contributed by atoms with Gasteiger partial charge in [0.25, 0.3) is 0 Å². The molecule has 1 unspecified atom stereocenters. The summed E-state index contributed by atoms with van der Waals surface area (Å²) in [7, 11) is 0. The van der Waals surface area contributed by atoms with E-state index in [1.165, 1.54) is 11.1 Å². The van der Waals surface area contributed by atoms with Crippen molar-refractivity contribution >= 4 is 17.5 Å². The molecule has 0 aromatic heterocycles. The van der Waals surface area contributed by atoms with Crippen molar-refractivity contribution in [3.8, 4) is 0 Å². The van der Waals surface area contributed by atoms with Gasteiger partial charge in [0.2, 0.25) is 5.91 Å². The van der Waals surface area contributed by atoms with Gasteiger partial charge in [-0.05, 0) is 48.6 Å². The number of carbonyl (C=O) groups is 1. The maximum Gasteiger partial charge on any atom is 0.227 e. The highest BCUT2D eigenvalue weighted by Crippen LogP contribution is 2.34. The van der Waals surface area contributed by atoms with Crippen molar-refractivity contribution in [2.45, 2.75) is 32.2 Å². The van der Waals surface area contributed by atoms with Crippen molar-refractivity contribution in [3.63, 3.8) is 0 Å². The first-order chi connectivity index (χ1) is 10.6. The zero-order valence-corrected chi connectivity index (χ0v) is 13.5. The summed E-state index contributed by atoms with van der Waals surface area (Å²) in [4.78, 5) is 14.7. The van der Waals surface area contributed by atoms with Crippen molar-refractivity contribution in [1.82, 2.24) is 4.90 Å². The minimum Gasteiger partial charge on any atom is -0.335 e. The molecule has 0 spiro atoms. The molecular weight excluding hydrogens is 294 g/mol. The first kappa shape index (κ1) is 15.1. The van der Waals surface area contributed by atoms with Gasteiger partial charge < -0.3 is 4.90 Å². The van der Waals surface area contributed by atoms with Crippen molar-refractivity contribution in [2.75, 3.05) is 6.54 Å². The van der Waals surface area contributed by atoms with Crippen molar-refractivity contribution < 1.29 is 4.79 Å². The lowest BCUT2D eigenvalue weighted by atomic mass is 9.99. The van der Waals surface area contributed by atoms with E-state index in [2.05, 4.69) is 25.1 Å². The molecule has 0 saturated carbocycles. The van der Waals surface area contributed by atoms with Gasteiger partial charge in [0.05, 0.1) is 12.5 Å². The van der Waals surface area contributed by atoms with E-state index >= 15 is 0 Å². The molecule has 3 rings (SSSR count). The fourth-order valence-electron chi connectivity index (χ4n) is 3.27. The number of aryl methyl sites for hydroxylation is 1. The maximum atomic E-state index is 12.7. The van der Waals surface area contributed by atoms with Crippen LogP contribution in [-0.2, 0) is 11.2 Å². The van der Waals surface area contributed by atoms with Crippen molar-refractivity contribution in [2.24, 2.45) is 0 Å². The summed E-state index contributed by atoms with van der Waals surface area (Å²) in [5.74, 6) is 0.188. The molecule has 1 atom stereocenters. The van der Waals surface area contributed by atoms with Crippen LogP contribution < -0.4 is 0 Å². The number of amides is 1. The maximum absolute atomic E-state index is 12.7. The number of halogens is 1. The molecule has 1 fully saturated rings. The van der Waals surface area contributed by atoms with Crippen molar-refractivity contribution in [3.05, 3.63) is 70.2 Å². The van der Waals surface area contributed by atoms with Crippen LogP contribution >= 0.6 is 11.6 Å². The highest BCUT2D eigenvalue weighted by molar-refractivity contribution is 6.30. The minimum atomic E-state index is 0.188. The van der Waals surface area contributed by atoms with Crippen LogP contribution in [0.4, 0.5) is 0 Å². The van der Waals surface area contributed by atoms with Crippen LogP contribution in [0.1, 0.15) is 35.6 Å². The Kier molecular flexibility index (Phi) is 4.49. The largest absolute Gasteiger partial charge is 0.335 e. The van der Waals surface area contributed by atoms with E-state index in [4.69, 9.17) is 11.6 Å². The molecule has 0 radical (unpaired) electrons. The standard InChI is InChI=1S/C19H20ClNO/c1-14-6-2-3-9-17(14)18-10-5-11-21(18)19(22)13-15-7-4-8-16(20)12-15/h2-4,6-9,12,18H,5,10-11,13H2,1H3. The molecule has 114 valence electrons. The Balaban J connectivity index is 1.78. The fraction of sp³-hybridized carbons (Fsp3) is 0.316. The molecule has 1 aliphatic rings. The average molecular weight is 314 g/mol. The van der Waals surface area contributed by atoms with E-state index in [-0.39, 0.29) is 11.9 Å². The van der Waals surface area contributed by atoms with Gasteiger partial charge in [-0.1, -0.05) is 48.0 Å². The average Bonchev–Trinajstić information content (AvgIpc) is 2.97. The lowest BCUT2D eigenvalue weighted by molar-refractivity contribution is -0.131. The Hall–Kier alpha value is -1.80. The predicted molar refractivity (Wildman–Crippen MR) is 90.0 cm³/mol. The number of hydrogen-bond donors (Lipinski definition) is 0. The molecule has 1 saturated heterocycles. The summed E-state index contributed by atoms with van der Waals surface area (Å²) >= 11 is 6.01. The molecule has 2 nitrogen and oxygen atoms in total. The molecule has 22 heavy (non-hydrogen) atoms. The van der Waals surface area contributed by atoms with Gasteiger partial charge in [-0.3, -0.25) is 4.79 Å². The molecule has 3 heteroatoms. The molecule has 2 aromatic rings. The van der Waals surface area contributed by atoms with Gasteiger partial charge in [-0.25, -0.2) is 0 Å². The van der Waals surface area contributed by atoms with Gasteiger partial charge in [-0.2, -0.15) is 0 Å². The van der Waals surface area contributed by atoms with Crippen LogP contribution in [0.3, 0.4) is 0 Å². The number of hydrogen-bond acceptors (Lipinski definition) is 1. The molecule has 2 aromatic carbocycles. The van der Waals surface area contributed by atoms with Crippen LogP contribution in [0, 0.1) is 6.92 Å². The summed E-state index contributed by atoms with van der Waals surface area (Å²) < 4.78 is 0. The Morgan fingerprint density at radius 1 is 1.23 bits per heavy atom. The molecule has 1 heterocycles. The molecular formula is C19H20ClNO. The van der Waals surface area contributed by atoms with Gasteiger partial charge in [0, 0.05) is 11.6 Å². The highest BCUT2D eigenvalue weighted by atomic mass is 35.5. The third kappa shape index (κ3) is 3.17.